The minimum absolute atomic E-state index is 0.0901. The van der Waals surface area contributed by atoms with Gasteiger partial charge in [0.2, 0.25) is 5.89 Å². The minimum atomic E-state index is -0.616. The van der Waals surface area contributed by atoms with Gasteiger partial charge >= 0.3 is 6.01 Å². The largest absolute Gasteiger partial charge is 0.406 e. The maximum atomic E-state index is 14.5. The fourth-order valence-corrected chi connectivity index (χ4v) is 3.53. The number of hydrogen-bond acceptors (Lipinski definition) is 7. The number of nitriles is 1. The van der Waals surface area contributed by atoms with Gasteiger partial charge in [0.15, 0.2) is 5.69 Å². The number of amides is 1. The van der Waals surface area contributed by atoms with Crippen LogP contribution >= 0.6 is 0 Å². The van der Waals surface area contributed by atoms with E-state index in [2.05, 4.69) is 20.6 Å². The van der Waals surface area contributed by atoms with E-state index in [0.29, 0.717) is 16.5 Å². The van der Waals surface area contributed by atoms with Gasteiger partial charge in [0.25, 0.3) is 5.91 Å². The van der Waals surface area contributed by atoms with Crippen LogP contribution in [-0.2, 0) is 6.54 Å². The maximum Gasteiger partial charge on any atom is 0.312 e. The highest BCUT2D eigenvalue weighted by Crippen LogP contribution is 2.33. The van der Waals surface area contributed by atoms with Crippen molar-refractivity contribution in [3.05, 3.63) is 71.0 Å². The number of carbonyl (C=O) groups is 1. The highest BCUT2D eigenvalue weighted by Gasteiger charge is 2.34. The van der Waals surface area contributed by atoms with Crippen LogP contribution in [0, 0.1) is 22.6 Å². The number of para-hydroxylation sites is 1. The molecule has 10 heteroatoms. The van der Waals surface area contributed by atoms with Crippen LogP contribution in [0.3, 0.4) is 0 Å². The highest BCUT2D eigenvalue weighted by molar-refractivity contribution is 6.05. The lowest BCUT2D eigenvalue weighted by Crippen LogP contribution is -2.37. The average molecular weight is 447 g/mol. The van der Waals surface area contributed by atoms with Crippen LogP contribution in [0.4, 0.5) is 10.4 Å². The molecule has 1 atom stereocenters. The fraction of sp³-hybridized carbons (Fsp3) is 0.261. The summed E-state index contributed by atoms with van der Waals surface area (Å²) in [5.74, 6) is -0.764. The molecule has 4 aromatic rings. The van der Waals surface area contributed by atoms with Crippen LogP contribution in [0.25, 0.3) is 10.9 Å². The molecule has 4 rings (SSSR count). The van der Waals surface area contributed by atoms with Crippen LogP contribution in [0.5, 0.6) is 0 Å². The van der Waals surface area contributed by atoms with Crippen LogP contribution in [0.15, 0.2) is 46.9 Å². The van der Waals surface area contributed by atoms with E-state index in [4.69, 9.17) is 15.4 Å². The van der Waals surface area contributed by atoms with Crippen molar-refractivity contribution in [1.29, 1.82) is 5.26 Å². The first-order valence-electron chi connectivity index (χ1n) is 10.2. The summed E-state index contributed by atoms with van der Waals surface area (Å²) in [7, 11) is 0. The van der Waals surface area contributed by atoms with Gasteiger partial charge in [0, 0.05) is 10.9 Å². The van der Waals surface area contributed by atoms with Crippen LogP contribution in [0.1, 0.15) is 54.3 Å². The fourth-order valence-electron chi connectivity index (χ4n) is 3.53. The van der Waals surface area contributed by atoms with Gasteiger partial charge in [0.1, 0.15) is 11.9 Å². The van der Waals surface area contributed by atoms with Crippen LogP contribution in [-0.4, -0.2) is 25.9 Å². The molecular formula is C23H22FN7O2. The molecule has 0 fully saturated rings. The second-order valence-corrected chi connectivity index (χ2v) is 8.69. The van der Waals surface area contributed by atoms with Gasteiger partial charge in [-0.25, -0.2) is 4.39 Å². The first-order chi connectivity index (χ1) is 15.7. The number of nitrogens with two attached hydrogens (primary N) is 1. The molecule has 0 saturated carbocycles. The van der Waals surface area contributed by atoms with Crippen LogP contribution in [0.2, 0.25) is 0 Å². The normalized spacial score (nSPS) is 12.5. The summed E-state index contributed by atoms with van der Waals surface area (Å²) in [5, 5.41) is 24.6. The third-order valence-electron chi connectivity index (χ3n) is 5.22. The number of hydrogen-bond donors (Lipinski definition) is 2. The quantitative estimate of drug-likeness (QED) is 0.477. The van der Waals surface area contributed by atoms with Gasteiger partial charge in [-0.05, 0) is 23.6 Å². The Balaban J connectivity index is 1.70. The smallest absolute Gasteiger partial charge is 0.312 e. The van der Waals surface area contributed by atoms with Crippen molar-refractivity contribution in [2.75, 3.05) is 5.73 Å². The van der Waals surface area contributed by atoms with Crippen molar-refractivity contribution in [3.8, 4) is 6.07 Å². The Labute approximate surface area is 189 Å². The summed E-state index contributed by atoms with van der Waals surface area (Å²) in [5.41, 5.74) is 6.54. The van der Waals surface area contributed by atoms with Crippen molar-refractivity contribution in [1.82, 2.24) is 25.3 Å². The number of nitrogen functional groups attached to an aromatic ring is 1. The Kier molecular flexibility index (Phi) is 5.55. The molecule has 0 saturated heterocycles. The monoisotopic (exact) mass is 447 g/mol. The molecule has 0 aliphatic rings. The number of anilines is 1. The van der Waals surface area contributed by atoms with E-state index in [9.17, 15) is 9.18 Å². The SMILES string of the molecule is CC(C)(C)C(NC(=O)c1nn(Cc2ccc(C#N)cc2F)c2ccccc12)c1nnc(N)o1. The summed E-state index contributed by atoms with van der Waals surface area (Å²) in [4.78, 5) is 13.3. The number of benzene rings is 2. The van der Waals surface area contributed by atoms with E-state index in [1.54, 1.807) is 35.0 Å². The molecular weight excluding hydrogens is 425 g/mol. The van der Waals surface area contributed by atoms with Gasteiger partial charge in [-0.15, -0.1) is 5.10 Å². The van der Waals surface area contributed by atoms with Gasteiger partial charge in [-0.3, -0.25) is 9.48 Å². The Morgan fingerprint density at radius 3 is 2.67 bits per heavy atom. The van der Waals surface area contributed by atoms with E-state index in [-0.39, 0.29) is 29.7 Å². The van der Waals surface area contributed by atoms with E-state index in [0.717, 1.165) is 0 Å². The molecule has 2 aromatic carbocycles. The summed E-state index contributed by atoms with van der Waals surface area (Å²) in [6, 6.07) is 12.7. The first kappa shape index (κ1) is 22.0. The molecule has 2 heterocycles. The maximum absolute atomic E-state index is 14.5. The van der Waals surface area contributed by atoms with Crippen molar-refractivity contribution < 1.29 is 13.6 Å². The number of aromatic nitrogens is 4. The van der Waals surface area contributed by atoms with E-state index < -0.39 is 23.2 Å². The number of fused-ring (bicyclic) bond motifs is 1. The molecule has 0 bridgehead atoms. The number of carbonyl (C=O) groups excluding carboxylic acids is 1. The molecule has 0 radical (unpaired) electrons. The molecule has 33 heavy (non-hydrogen) atoms. The number of rotatable bonds is 5. The standard InChI is InChI=1S/C23H22FN7O2/c1-23(2,3)19(21-28-29-22(26)33-21)27-20(32)18-15-6-4-5-7-17(15)31(30-18)12-14-9-8-13(11-25)10-16(14)24/h4-10,19H,12H2,1-3H3,(H2,26,29)(H,27,32). The van der Waals surface area contributed by atoms with Gasteiger partial charge in [-0.1, -0.05) is 50.1 Å². The topological polar surface area (TPSA) is 136 Å². The molecule has 0 aliphatic heterocycles. The summed E-state index contributed by atoms with van der Waals surface area (Å²) in [6.45, 7) is 5.85. The molecule has 3 N–H and O–H groups in total. The molecule has 1 unspecified atom stereocenters. The second kappa shape index (κ2) is 8.35. The molecule has 0 aliphatic carbocycles. The Bertz CT molecular complexity index is 1380. The predicted octanol–water partition coefficient (Wildman–Crippen LogP) is 3.58. The van der Waals surface area contributed by atoms with E-state index in [1.165, 1.54) is 6.07 Å². The number of halogens is 1. The van der Waals surface area contributed by atoms with Crippen LogP contribution < -0.4 is 11.1 Å². The zero-order chi connectivity index (χ0) is 23.8. The first-order valence-corrected chi connectivity index (χ1v) is 10.2. The molecule has 168 valence electrons. The van der Waals surface area contributed by atoms with Gasteiger partial charge in [0.05, 0.1) is 23.7 Å². The Morgan fingerprint density at radius 2 is 2.03 bits per heavy atom. The van der Waals surface area contributed by atoms with E-state index >= 15 is 0 Å². The Hall–Kier alpha value is -4.26. The molecule has 2 aromatic heterocycles. The van der Waals surface area contributed by atoms with Crippen molar-refractivity contribution in [2.45, 2.75) is 33.4 Å². The number of nitrogens with zero attached hydrogens (tertiary/aromatic N) is 5. The lowest BCUT2D eigenvalue weighted by Gasteiger charge is -2.28. The average Bonchev–Trinajstić information content (AvgIpc) is 3.36. The third-order valence-corrected chi connectivity index (χ3v) is 5.22. The summed E-state index contributed by atoms with van der Waals surface area (Å²) < 4.78 is 21.4. The predicted molar refractivity (Wildman–Crippen MR) is 118 cm³/mol. The minimum Gasteiger partial charge on any atom is -0.406 e. The second-order valence-electron chi connectivity index (χ2n) is 8.69. The van der Waals surface area contributed by atoms with Gasteiger partial charge < -0.3 is 15.5 Å². The number of nitrogens with one attached hydrogen (secondary N) is 1. The lowest BCUT2D eigenvalue weighted by molar-refractivity contribution is 0.0882. The van der Waals surface area contributed by atoms with E-state index in [1.807, 2.05) is 32.9 Å². The van der Waals surface area contributed by atoms with Crippen molar-refractivity contribution >= 4 is 22.8 Å². The zero-order valence-corrected chi connectivity index (χ0v) is 18.3. The molecule has 9 nitrogen and oxygen atoms in total. The zero-order valence-electron chi connectivity index (χ0n) is 18.3. The van der Waals surface area contributed by atoms with Crippen molar-refractivity contribution in [2.24, 2.45) is 5.41 Å². The van der Waals surface area contributed by atoms with Crippen molar-refractivity contribution in [3.63, 3.8) is 0 Å². The molecule has 1 amide bonds. The highest BCUT2D eigenvalue weighted by atomic mass is 19.1. The summed E-state index contributed by atoms with van der Waals surface area (Å²) >= 11 is 0. The lowest BCUT2D eigenvalue weighted by atomic mass is 9.86. The van der Waals surface area contributed by atoms with Gasteiger partial charge in [-0.2, -0.15) is 10.4 Å². The molecule has 0 spiro atoms. The Morgan fingerprint density at radius 1 is 1.27 bits per heavy atom. The summed E-state index contributed by atoms with van der Waals surface area (Å²) in [6.07, 6.45) is 0. The third kappa shape index (κ3) is 4.39.